The van der Waals surface area contributed by atoms with Crippen LogP contribution >= 0.6 is 0 Å². The Morgan fingerprint density at radius 3 is 2.49 bits per heavy atom. The number of ether oxygens (including phenoxy) is 1. The Labute approximate surface area is 212 Å². The molecule has 2 aliphatic rings. The molecule has 1 saturated carbocycles. The number of benzene rings is 2. The number of primary amides is 1. The van der Waals surface area contributed by atoms with Gasteiger partial charge in [-0.05, 0) is 74.9 Å². The van der Waals surface area contributed by atoms with Gasteiger partial charge in [-0.3, -0.25) is 9.59 Å². The van der Waals surface area contributed by atoms with Crippen LogP contribution in [0.25, 0.3) is 11.3 Å². The summed E-state index contributed by atoms with van der Waals surface area (Å²) in [5.41, 5.74) is 12.8. The lowest BCUT2D eigenvalue weighted by molar-refractivity contribution is -0.130. The number of rotatable bonds is 5. The molecule has 37 heavy (non-hydrogen) atoms. The Morgan fingerprint density at radius 2 is 1.86 bits per heavy atom. The number of piperidine rings is 1. The third kappa shape index (κ3) is 4.48. The van der Waals surface area contributed by atoms with E-state index in [1.54, 1.807) is 35.9 Å². The van der Waals surface area contributed by atoms with Gasteiger partial charge in [0.05, 0.1) is 6.04 Å². The molecular weight excluding hydrogens is 480 g/mol. The highest BCUT2D eigenvalue weighted by Crippen LogP contribution is 2.50. The minimum Gasteiger partial charge on any atom is -0.454 e. The van der Waals surface area contributed by atoms with Crippen molar-refractivity contribution in [2.24, 2.45) is 5.73 Å². The molecule has 4 N–H and O–H groups in total. The minimum atomic E-state index is -0.829. The van der Waals surface area contributed by atoms with Crippen molar-refractivity contribution in [2.75, 3.05) is 12.3 Å². The first-order valence-electron chi connectivity index (χ1n) is 11.9. The van der Waals surface area contributed by atoms with Gasteiger partial charge >= 0.3 is 0 Å². The van der Waals surface area contributed by atoms with E-state index in [9.17, 15) is 18.4 Å². The largest absolute Gasteiger partial charge is 0.454 e. The normalized spacial score (nSPS) is 17.7. The van der Waals surface area contributed by atoms with E-state index in [0.717, 1.165) is 37.8 Å². The summed E-state index contributed by atoms with van der Waals surface area (Å²) in [6, 6.07) is 9.20. The van der Waals surface area contributed by atoms with E-state index in [-0.39, 0.29) is 34.6 Å². The van der Waals surface area contributed by atoms with Gasteiger partial charge < -0.3 is 21.1 Å². The zero-order valence-electron chi connectivity index (χ0n) is 20.1. The highest BCUT2D eigenvalue weighted by molar-refractivity contribution is 6.03. The van der Waals surface area contributed by atoms with Crippen molar-refractivity contribution in [3.05, 3.63) is 59.7 Å². The van der Waals surface area contributed by atoms with E-state index in [2.05, 4.69) is 16.9 Å². The van der Waals surface area contributed by atoms with Crippen molar-refractivity contribution >= 4 is 17.6 Å². The van der Waals surface area contributed by atoms with Gasteiger partial charge in [0.25, 0.3) is 11.8 Å². The smallest absolute Gasteiger partial charge is 0.298 e. The zero-order chi connectivity index (χ0) is 26.3. The van der Waals surface area contributed by atoms with Crippen LogP contribution in [0.3, 0.4) is 0 Å². The molecule has 1 aliphatic carbocycles. The van der Waals surface area contributed by atoms with Gasteiger partial charge in [-0.15, -0.1) is 0 Å². The predicted molar refractivity (Wildman–Crippen MR) is 132 cm³/mol. The van der Waals surface area contributed by atoms with E-state index in [0.29, 0.717) is 23.6 Å². The molecule has 8 nitrogen and oxygen atoms in total. The van der Waals surface area contributed by atoms with Crippen LogP contribution in [0.4, 0.5) is 14.6 Å². The van der Waals surface area contributed by atoms with Crippen molar-refractivity contribution < 1.29 is 23.1 Å². The molecule has 2 fully saturated rings. The number of carbonyl (C=O) groups is 2. The van der Waals surface area contributed by atoms with E-state index in [1.165, 1.54) is 6.07 Å². The first kappa shape index (κ1) is 24.3. The van der Waals surface area contributed by atoms with Crippen molar-refractivity contribution in [1.29, 1.82) is 0 Å². The van der Waals surface area contributed by atoms with Gasteiger partial charge in [0, 0.05) is 23.7 Å². The molecule has 5 rings (SSSR count). The van der Waals surface area contributed by atoms with E-state index >= 15 is 0 Å². The number of hydrogen-bond acceptors (Lipinski definition) is 5. The molecule has 3 aromatic rings. The summed E-state index contributed by atoms with van der Waals surface area (Å²) < 4.78 is 34.2. The first-order valence-corrected chi connectivity index (χ1v) is 11.9. The molecule has 1 spiro atoms. The second-order valence-electron chi connectivity index (χ2n) is 9.33. The summed E-state index contributed by atoms with van der Waals surface area (Å²) >= 11 is 0. The van der Waals surface area contributed by atoms with Crippen molar-refractivity contribution in [3.8, 4) is 34.6 Å². The van der Waals surface area contributed by atoms with Crippen LogP contribution in [0, 0.1) is 23.5 Å². The molecule has 0 radical (unpaired) electrons. The summed E-state index contributed by atoms with van der Waals surface area (Å²) in [6.45, 7) is 2.01. The minimum absolute atomic E-state index is 0.0798. The molecule has 1 saturated heterocycles. The molecule has 190 valence electrons. The summed E-state index contributed by atoms with van der Waals surface area (Å²) in [5, 5.41) is 4.64. The zero-order valence-corrected chi connectivity index (χ0v) is 20.1. The molecule has 0 bridgehead atoms. The van der Waals surface area contributed by atoms with Crippen LogP contribution in [0.1, 0.15) is 49.0 Å². The lowest BCUT2D eigenvalue weighted by Gasteiger charge is -2.39. The van der Waals surface area contributed by atoms with Crippen molar-refractivity contribution in [1.82, 2.24) is 14.7 Å². The Morgan fingerprint density at radius 1 is 1.14 bits per heavy atom. The second kappa shape index (κ2) is 9.24. The maximum absolute atomic E-state index is 13.9. The maximum Gasteiger partial charge on any atom is 0.298 e. The molecule has 2 heterocycles. The lowest BCUT2D eigenvalue weighted by Crippen LogP contribution is -2.49. The van der Waals surface area contributed by atoms with Crippen LogP contribution in [-0.2, 0) is 4.79 Å². The van der Waals surface area contributed by atoms with Crippen molar-refractivity contribution in [2.45, 2.75) is 44.2 Å². The van der Waals surface area contributed by atoms with Gasteiger partial charge in [-0.25, -0.2) is 13.5 Å². The number of hydrogen-bond donors (Lipinski definition) is 2. The van der Waals surface area contributed by atoms with Gasteiger partial charge in [0.2, 0.25) is 0 Å². The number of likely N-dealkylation sites (tertiary alicyclic amines) is 1. The standard InChI is InChI=1S/C27H25F2N5O3/c1-2-3-22(35)33-15-18(10-11-27(33)12-13-27)34-25(30)23(26(31)36)24(32-34)16-4-7-19(8-5-16)37-21-9-6-17(28)14-20(21)29/h4-9,14,18H,10-13,15,30H2,1H3,(H2,31,36). The van der Waals surface area contributed by atoms with Gasteiger partial charge in [0.15, 0.2) is 11.6 Å². The number of carbonyl (C=O) groups excluding carboxylic acids is 2. The number of nitrogen functional groups attached to an aromatic ring is 1. The van der Waals surface area contributed by atoms with E-state index in [4.69, 9.17) is 16.2 Å². The predicted octanol–water partition coefficient (Wildman–Crippen LogP) is 4.02. The molecule has 1 aliphatic heterocycles. The fourth-order valence-corrected chi connectivity index (χ4v) is 4.94. The maximum atomic E-state index is 13.9. The molecule has 1 aromatic heterocycles. The number of nitrogens with zero attached hydrogens (tertiary/aromatic N) is 3. The van der Waals surface area contributed by atoms with Crippen LogP contribution in [0.2, 0.25) is 0 Å². The Hall–Kier alpha value is -4.39. The molecule has 1 atom stereocenters. The Kier molecular flexibility index (Phi) is 6.07. The summed E-state index contributed by atoms with van der Waals surface area (Å²) in [4.78, 5) is 26.9. The van der Waals surface area contributed by atoms with Gasteiger partial charge in [0.1, 0.15) is 28.6 Å². The molecular formula is C27H25F2N5O3. The highest BCUT2D eigenvalue weighted by atomic mass is 19.1. The second-order valence-corrected chi connectivity index (χ2v) is 9.33. The van der Waals surface area contributed by atoms with Crippen molar-refractivity contribution in [3.63, 3.8) is 0 Å². The quantitative estimate of drug-likeness (QED) is 0.508. The number of anilines is 1. The SMILES string of the molecule is CC#CC(=O)N1CC(n2nc(-c3ccc(Oc4ccc(F)cc4F)cc3)c(C(N)=O)c2N)CCC12CC2. The number of halogens is 2. The number of nitrogens with two attached hydrogens (primary N) is 2. The summed E-state index contributed by atoms with van der Waals surface area (Å²) in [7, 11) is 0. The average molecular weight is 506 g/mol. The van der Waals surface area contributed by atoms with E-state index < -0.39 is 17.5 Å². The highest BCUT2D eigenvalue weighted by Gasteiger charge is 2.53. The summed E-state index contributed by atoms with van der Waals surface area (Å²) in [6.07, 6.45) is 3.42. The number of amides is 2. The van der Waals surface area contributed by atoms with Crippen LogP contribution in [-0.4, -0.2) is 38.6 Å². The molecule has 10 heteroatoms. The average Bonchev–Trinajstić information content (AvgIpc) is 3.54. The van der Waals surface area contributed by atoms with E-state index in [1.807, 2.05) is 4.90 Å². The van der Waals surface area contributed by atoms with Crippen LogP contribution < -0.4 is 16.2 Å². The van der Waals surface area contributed by atoms with Gasteiger partial charge in [-0.2, -0.15) is 5.10 Å². The lowest BCUT2D eigenvalue weighted by atomic mass is 9.96. The van der Waals surface area contributed by atoms with Gasteiger partial charge in [-0.1, -0.05) is 5.92 Å². The fourth-order valence-electron chi connectivity index (χ4n) is 4.94. The van der Waals surface area contributed by atoms with Crippen LogP contribution in [0.15, 0.2) is 42.5 Å². The first-order chi connectivity index (χ1) is 17.7. The number of aromatic nitrogens is 2. The summed E-state index contributed by atoms with van der Waals surface area (Å²) in [5.74, 6) is 3.12. The Balaban J connectivity index is 1.43. The molecule has 2 aromatic carbocycles. The topological polar surface area (TPSA) is 116 Å². The third-order valence-corrected chi connectivity index (χ3v) is 7.00. The Bertz CT molecular complexity index is 1450. The monoisotopic (exact) mass is 505 g/mol. The molecule has 2 amide bonds. The van der Waals surface area contributed by atoms with Crippen LogP contribution in [0.5, 0.6) is 11.5 Å². The fraction of sp³-hybridized carbons (Fsp3) is 0.296. The molecule has 1 unspecified atom stereocenters. The third-order valence-electron chi connectivity index (χ3n) is 7.00.